The van der Waals surface area contributed by atoms with Crippen LogP contribution in [0, 0.1) is 0 Å². The number of imidazole rings is 1. The first-order chi connectivity index (χ1) is 14.8. The summed E-state index contributed by atoms with van der Waals surface area (Å²) in [5.41, 5.74) is 3.93. The largest absolute Gasteiger partial charge is 0.426 e. The lowest BCUT2D eigenvalue weighted by molar-refractivity contribution is -0.139. The molecule has 3 aromatic carbocycles. The van der Waals surface area contributed by atoms with Gasteiger partial charge in [-0.15, -0.1) is 0 Å². The molecule has 2 heterocycles. The maximum Gasteiger partial charge on any atom is 0.319 e. The zero-order valence-corrected chi connectivity index (χ0v) is 16.3. The van der Waals surface area contributed by atoms with Crippen LogP contribution in [0.1, 0.15) is 28.5 Å². The zero-order valence-electron chi connectivity index (χ0n) is 16.3. The second-order valence-electron chi connectivity index (χ2n) is 7.29. The Bertz CT molecular complexity index is 1160. The molecule has 0 amide bonds. The van der Waals surface area contributed by atoms with Crippen LogP contribution in [0.2, 0.25) is 0 Å². The Morgan fingerprint density at radius 1 is 0.800 bits per heavy atom. The van der Waals surface area contributed by atoms with Gasteiger partial charge in [-0.3, -0.25) is 4.79 Å². The lowest BCUT2D eigenvalue weighted by atomic mass is 9.79. The fraction of sp³-hybridized carbons (Fsp3) is 0.0769. The van der Waals surface area contributed by atoms with Crippen LogP contribution in [0.25, 0.3) is 11.4 Å². The Balaban J connectivity index is 1.55. The third-order valence-electron chi connectivity index (χ3n) is 5.45. The summed E-state index contributed by atoms with van der Waals surface area (Å²) in [6.07, 6.45) is 7.46. The average molecular weight is 392 g/mol. The number of benzene rings is 3. The van der Waals surface area contributed by atoms with E-state index in [0.717, 1.165) is 22.4 Å². The van der Waals surface area contributed by atoms with Crippen LogP contribution in [0.3, 0.4) is 0 Å². The number of nitrogens with zero attached hydrogens (tertiary/aromatic N) is 2. The van der Waals surface area contributed by atoms with Gasteiger partial charge in [-0.25, -0.2) is 4.98 Å². The van der Waals surface area contributed by atoms with Gasteiger partial charge in [0.05, 0.1) is 12.2 Å². The maximum atomic E-state index is 13.1. The summed E-state index contributed by atoms with van der Waals surface area (Å²) in [4.78, 5) is 17.2. The molecule has 4 nitrogen and oxygen atoms in total. The number of cyclic esters (lactones) is 1. The fourth-order valence-corrected chi connectivity index (χ4v) is 3.94. The van der Waals surface area contributed by atoms with Crippen LogP contribution in [0.4, 0.5) is 0 Å². The highest BCUT2D eigenvalue weighted by Crippen LogP contribution is 2.41. The summed E-state index contributed by atoms with van der Waals surface area (Å²) >= 11 is 0. The molecule has 0 fully saturated rings. The van der Waals surface area contributed by atoms with Gasteiger partial charge >= 0.3 is 5.97 Å². The first-order valence-corrected chi connectivity index (χ1v) is 9.92. The van der Waals surface area contributed by atoms with Gasteiger partial charge in [0.1, 0.15) is 5.76 Å². The molecule has 0 spiro atoms. The van der Waals surface area contributed by atoms with Crippen molar-refractivity contribution in [3.63, 3.8) is 0 Å². The number of aromatic nitrogens is 2. The summed E-state index contributed by atoms with van der Waals surface area (Å²) in [5, 5.41) is 0. The molecule has 5 rings (SSSR count). The monoisotopic (exact) mass is 392 g/mol. The number of esters is 1. The second-order valence-corrected chi connectivity index (χ2v) is 7.29. The Morgan fingerprint density at radius 2 is 1.47 bits per heavy atom. The van der Waals surface area contributed by atoms with Gasteiger partial charge < -0.3 is 9.30 Å². The molecule has 1 aliphatic heterocycles. The summed E-state index contributed by atoms with van der Waals surface area (Å²) in [5.74, 6) is -0.106. The molecule has 146 valence electrons. The van der Waals surface area contributed by atoms with Crippen LogP contribution in [-0.2, 0) is 9.53 Å². The van der Waals surface area contributed by atoms with Gasteiger partial charge in [-0.05, 0) is 41.5 Å². The topological polar surface area (TPSA) is 44.1 Å². The number of hydrogen-bond acceptors (Lipinski definition) is 3. The van der Waals surface area contributed by atoms with E-state index < -0.39 is 0 Å². The molecule has 0 N–H and O–H groups in total. The van der Waals surface area contributed by atoms with Gasteiger partial charge in [0.25, 0.3) is 0 Å². The number of rotatable bonds is 4. The quantitative estimate of drug-likeness (QED) is 0.441. The van der Waals surface area contributed by atoms with Crippen molar-refractivity contribution < 1.29 is 9.53 Å². The van der Waals surface area contributed by atoms with Crippen LogP contribution in [-0.4, -0.2) is 15.5 Å². The van der Waals surface area contributed by atoms with Crippen molar-refractivity contribution in [2.45, 2.75) is 11.8 Å². The van der Waals surface area contributed by atoms with E-state index in [1.807, 2.05) is 83.6 Å². The van der Waals surface area contributed by atoms with Crippen molar-refractivity contribution in [1.29, 1.82) is 0 Å². The second kappa shape index (κ2) is 7.84. The van der Waals surface area contributed by atoms with Crippen molar-refractivity contribution in [1.82, 2.24) is 9.55 Å². The van der Waals surface area contributed by atoms with Crippen molar-refractivity contribution in [2.75, 3.05) is 0 Å². The predicted octanol–water partition coefficient (Wildman–Crippen LogP) is 5.34. The molecule has 0 radical (unpaired) electrons. The molecule has 4 heteroatoms. The van der Waals surface area contributed by atoms with E-state index in [4.69, 9.17) is 4.74 Å². The van der Waals surface area contributed by atoms with E-state index in [2.05, 4.69) is 23.2 Å². The molecular formula is C26H20N2O2. The van der Waals surface area contributed by atoms with Gasteiger partial charge in [-0.2, -0.15) is 0 Å². The predicted molar refractivity (Wildman–Crippen MR) is 116 cm³/mol. The summed E-state index contributed by atoms with van der Waals surface area (Å²) in [6, 6.07) is 27.9. The smallest absolute Gasteiger partial charge is 0.319 e. The third-order valence-corrected chi connectivity index (χ3v) is 5.45. The maximum absolute atomic E-state index is 13.1. The van der Waals surface area contributed by atoms with E-state index in [1.54, 1.807) is 12.5 Å². The third kappa shape index (κ3) is 3.44. The molecule has 0 saturated heterocycles. The van der Waals surface area contributed by atoms with Crippen molar-refractivity contribution >= 4 is 11.7 Å². The van der Waals surface area contributed by atoms with Crippen molar-refractivity contribution in [3.05, 3.63) is 126 Å². The highest BCUT2D eigenvalue weighted by atomic mass is 16.5. The molecule has 2 atom stereocenters. The van der Waals surface area contributed by atoms with Crippen LogP contribution in [0.15, 0.2) is 110 Å². The van der Waals surface area contributed by atoms with Crippen molar-refractivity contribution in [2.24, 2.45) is 0 Å². The molecule has 4 aromatic rings. The van der Waals surface area contributed by atoms with Gasteiger partial charge in [-0.1, -0.05) is 60.7 Å². The Hall–Kier alpha value is -3.92. The van der Waals surface area contributed by atoms with Gasteiger partial charge in [0, 0.05) is 29.6 Å². The lowest BCUT2D eigenvalue weighted by Gasteiger charge is -2.29. The molecule has 1 aliphatic rings. The van der Waals surface area contributed by atoms with Crippen LogP contribution < -0.4 is 0 Å². The van der Waals surface area contributed by atoms with Gasteiger partial charge in [0.15, 0.2) is 0 Å². The number of allylic oxidation sites excluding steroid dienone is 1. The van der Waals surface area contributed by atoms with E-state index in [9.17, 15) is 4.79 Å². The minimum absolute atomic E-state index is 0.0989. The average Bonchev–Trinajstić information content (AvgIpc) is 3.35. The Morgan fingerprint density at radius 3 is 2.10 bits per heavy atom. The number of carbonyl (C=O) groups excluding carboxylic acids is 1. The number of hydrogen-bond donors (Lipinski definition) is 0. The Labute approximate surface area is 175 Å². The van der Waals surface area contributed by atoms with E-state index in [1.165, 1.54) is 0 Å². The number of ether oxygens (including phenoxy) is 1. The SMILES string of the molecule is O=C1OC(c2ccc(-n3ccnc3)cc2)=CC(c2ccccc2)C1c1ccccc1. The Kier molecular flexibility index (Phi) is 4.74. The van der Waals surface area contributed by atoms with Crippen LogP contribution in [0.5, 0.6) is 0 Å². The van der Waals surface area contributed by atoms with Gasteiger partial charge in [0.2, 0.25) is 0 Å². The molecule has 30 heavy (non-hydrogen) atoms. The molecular weight excluding hydrogens is 372 g/mol. The fourth-order valence-electron chi connectivity index (χ4n) is 3.94. The summed E-state index contributed by atoms with van der Waals surface area (Å²) in [7, 11) is 0. The normalized spacial score (nSPS) is 18.5. The molecule has 0 bridgehead atoms. The first-order valence-electron chi connectivity index (χ1n) is 9.92. The minimum atomic E-state index is -0.373. The van der Waals surface area contributed by atoms with E-state index in [0.29, 0.717) is 5.76 Å². The highest BCUT2D eigenvalue weighted by molar-refractivity contribution is 5.88. The standard InChI is InChI=1S/C26H20N2O2/c29-26-25(21-9-5-2-6-10-21)23(19-7-3-1-4-8-19)17-24(30-26)20-11-13-22(14-12-20)28-16-15-27-18-28/h1-18,23,25H. The first kappa shape index (κ1) is 18.1. The molecule has 2 unspecified atom stereocenters. The number of carbonyl (C=O) groups is 1. The molecule has 1 aromatic heterocycles. The summed E-state index contributed by atoms with van der Waals surface area (Å²) < 4.78 is 7.76. The minimum Gasteiger partial charge on any atom is -0.426 e. The van der Waals surface area contributed by atoms with E-state index >= 15 is 0 Å². The van der Waals surface area contributed by atoms with Crippen LogP contribution >= 0.6 is 0 Å². The van der Waals surface area contributed by atoms with E-state index in [-0.39, 0.29) is 17.8 Å². The summed E-state index contributed by atoms with van der Waals surface area (Å²) in [6.45, 7) is 0. The molecule has 0 aliphatic carbocycles. The lowest BCUT2D eigenvalue weighted by Crippen LogP contribution is -2.26. The van der Waals surface area contributed by atoms with Crippen molar-refractivity contribution in [3.8, 4) is 5.69 Å². The highest BCUT2D eigenvalue weighted by Gasteiger charge is 2.36. The zero-order chi connectivity index (χ0) is 20.3. The molecule has 0 saturated carbocycles.